The monoisotopic (exact) mass is 433 g/mol. The molecule has 0 saturated heterocycles. The van der Waals surface area contributed by atoms with Crippen molar-refractivity contribution in [2.75, 3.05) is 11.4 Å². The van der Waals surface area contributed by atoms with Gasteiger partial charge in [-0.05, 0) is 56.7 Å². The van der Waals surface area contributed by atoms with E-state index >= 15 is 0 Å². The number of fused-ring (bicyclic) bond motifs is 1. The molecule has 0 bridgehead atoms. The highest BCUT2D eigenvalue weighted by Gasteiger charge is 2.18. The summed E-state index contributed by atoms with van der Waals surface area (Å²) in [6, 6.07) is 13.5. The third-order valence-electron chi connectivity index (χ3n) is 5.52. The second kappa shape index (κ2) is 8.74. The van der Waals surface area contributed by atoms with Crippen LogP contribution in [0.5, 0.6) is 0 Å². The summed E-state index contributed by atoms with van der Waals surface area (Å²) in [5.74, 6) is 0.0708. The summed E-state index contributed by atoms with van der Waals surface area (Å²) in [6.07, 6.45) is 1.62. The number of benzene rings is 2. The number of nitrogens with zero attached hydrogens (tertiary/aromatic N) is 5. The van der Waals surface area contributed by atoms with Crippen molar-refractivity contribution in [2.45, 2.75) is 33.7 Å². The zero-order chi connectivity index (χ0) is 22.8. The van der Waals surface area contributed by atoms with Crippen molar-refractivity contribution in [1.82, 2.24) is 19.3 Å². The molecule has 0 spiro atoms. The number of aromatic nitrogens is 4. The predicted molar refractivity (Wildman–Crippen MR) is 122 cm³/mol. The van der Waals surface area contributed by atoms with Crippen LogP contribution in [0, 0.1) is 19.7 Å². The minimum absolute atomic E-state index is 0.0600. The highest BCUT2D eigenvalue weighted by molar-refractivity contribution is 5.94. The highest BCUT2D eigenvalue weighted by Crippen LogP contribution is 2.20. The number of halogens is 1. The van der Waals surface area contributed by atoms with E-state index in [4.69, 9.17) is 0 Å². The molecule has 4 rings (SSSR count). The second-order valence-electron chi connectivity index (χ2n) is 7.56. The third-order valence-corrected chi connectivity index (χ3v) is 5.52. The van der Waals surface area contributed by atoms with Crippen LogP contribution < -0.4 is 10.5 Å². The van der Waals surface area contributed by atoms with E-state index in [1.54, 1.807) is 24.0 Å². The SMILES string of the molecule is CCN(C(=O)CCn1c(C)nc2c(cnn2-c2ccc(F)cc2)c1=O)c1ccccc1C. The van der Waals surface area contributed by atoms with Gasteiger partial charge in [0.1, 0.15) is 17.0 Å². The van der Waals surface area contributed by atoms with E-state index in [0.717, 1.165) is 11.3 Å². The Morgan fingerprint density at radius 1 is 1.09 bits per heavy atom. The van der Waals surface area contributed by atoms with Crippen molar-refractivity contribution >= 4 is 22.6 Å². The predicted octanol–water partition coefficient (Wildman–Crippen LogP) is 3.78. The van der Waals surface area contributed by atoms with E-state index < -0.39 is 0 Å². The molecule has 0 aliphatic carbocycles. The summed E-state index contributed by atoms with van der Waals surface area (Å²) in [5.41, 5.74) is 2.65. The molecule has 7 nitrogen and oxygen atoms in total. The number of para-hydroxylation sites is 1. The van der Waals surface area contributed by atoms with Gasteiger partial charge in [0.2, 0.25) is 5.91 Å². The second-order valence-corrected chi connectivity index (χ2v) is 7.56. The van der Waals surface area contributed by atoms with Crippen LogP contribution in [-0.2, 0) is 11.3 Å². The Kier molecular flexibility index (Phi) is 5.85. The molecule has 0 aliphatic heterocycles. The first-order valence-corrected chi connectivity index (χ1v) is 10.5. The maximum absolute atomic E-state index is 13.3. The van der Waals surface area contributed by atoms with Crippen LogP contribution in [0.4, 0.5) is 10.1 Å². The van der Waals surface area contributed by atoms with Gasteiger partial charge in [-0.15, -0.1) is 0 Å². The van der Waals surface area contributed by atoms with Gasteiger partial charge in [0.05, 0.1) is 11.9 Å². The number of carbonyl (C=O) groups is 1. The molecule has 0 atom stereocenters. The van der Waals surface area contributed by atoms with E-state index in [0.29, 0.717) is 29.1 Å². The van der Waals surface area contributed by atoms with Gasteiger partial charge in [-0.3, -0.25) is 14.2 Å². The van der Waals surface area contributed by atoms with Gasteiger partial charge in [-0.25, -0.2) is 14.1 Å². The largest absolute Gasteiger partial charge is 0.312 e. The van der Waals surface area contributed by atoms with Crippen molar-refractivity contribution in [3.8, 4) is 5.69 Å². The normalized spacial score (nSPS) is 11.1. The Balaban J connectivity index is 1.61. The zero-order valence-corrected chi connectivity index (χ0v) is 18.2. The lowest BCUT2D eigenvalue weighted by Crippen LogP contribution is -2.33. The summed E-state index contributed by atoms with van der Waals surface area (Å²) in [5, 5.41) is 4.61. The van der Waals surface area contributed by atoms with Gasteiger partial charge in [-0.2, -0.15) is 5.10 Å². The smallest absolute Gasteiger partial charge is 0.264 e. The Morgan fingerprint density at radius 3 is 2.50 bits per heavy atom. The number of rotatable bonds is 6. The Labute approximate surface area is 184 Å². The number of amides is 1. The van der Waals surface area contributed by atoms with Crippen LogP contribution in [0.25, 0.3) is 16.7 Å². The number of aryl methyl sites for hydroxylation is 2. The molecule has 2 aromatic heterocycles. The molecule has 8 heteroatoms. The molecule has 0 saturated carbocycles. The fourth-order valence-electron chi connectivity index (χ4n) is 3.83. The summed E-state index contributed by atoms with van der Waals surface area (Å²) < 4.78 is 16.3. The average molecular weight is 433 g/mol. The lowest BCUT2D eigenvalue weighted by Gasteiger charge is -2.23. The zero-order valence-electron chi connectivity index (χ0n) is 18.2. The molecular formula is C24H24FN5O2. The van der Waals surface area contributed by atoms with E-state index in [1.807, 2.05) is 38.1 Å². The van der Waals surface area contributed by atoms with Crippen LogP contribution in [0.1, 0.15) is 24.7 Å². The third kappa shape index (κ3) is 3.91. The molecule has 164 valence electrons. The number of anilines is 1. The van der Waals surface area contributed by atoms with Gasteiger partial charge in [0.25, 0.3) is 5.56 Å². The van der Waals surface area contributed by atoms with E-state index in [1.165, 1.54) is 27.6 Å². The quantitative estimate of drug-likeness (QED) is 0.464. The van der Waals surface area contributed by atoms with Gasteiger partial charge < -0.3 is 4.90 Å². The molecule has 0 unspecified atom stereocenters. The van der Waals surface area contributed by atoms with Crippen LogP contribution in [0.2, 0.25) is 0 Å². The Bertz CT molecular complexity index is 1340. The van der Waals surface area contributed by atoms with E-state index in [2.05, 4.69) is 10.1 Å². The lowest BCUT2D eigenvalue weighted by atomic mass is 10.1. The van der Waals surface area contributed by atoms with Crippen LogP contribution in [0.3, 0.4) is 0 Å². The van der Waals surface area contributed by atoms with Gasteiger partial charge in [-0.1, -0.05) is 18.2 Å². The summed E-state index contributed by atoms with van der Waals surface area (Å²) in [4.78, 5) is 32.3. The molecule has 2 aromatic carbocycles. The topological polar surface area (TPSA) is 73.0 Å². The first kappa shape index (κ1) is 21.4. The van der Waals surface area contributed by atoms with Crippen molar-refractivity contribution in [2.24, 2.45) is 0 Å². The fraction of sp³-hybridized carbons (Fsp3) is 0.250. The molecule has 0 radical (unpaired) electrons. The van der Waals surface area contributed by atoms with Gasteiger partial charge in [0, 0.05) is 25.2 Å². The standard InChI is InChI=1S/C24H24FN5O2/c1-4-28(21-8-6-5-7-16(21)2)22(31)13-14-29-17(3)27-23-20(24(29)32)15-26-30(23)19-11-9-18(25)10-12-19/h5-12,15H,4,13-14H2,1-3H3. The van der Waals surface area contributed by atoms with Crippen molar-refractivity contribution < 1.29 is 9.18 Å². The molecule has 4 aromatic rings. The fourth-order valence-corrected chi connectivity index (χ4v) is 3.83. The highest BCUT2D eigenvalue weighted by atomic mass is 19.1. The van der Waals surface area contributed by atoms with Crippen LogP contribution in [0.15, 0.2) is 59.5 Å². The summed E-state index contributed by atoms with van der Waals surface area (Å²) in [7, 11) is 0. The van der Waals surface area contributed by atoms with Crippen molar-refractivity contribution in [1.29, 1.82) is 0 Å². The van der Waals surface area contributed by atoms with Crippen LogP contribution in [-0.4, -0.2) is 31.8 Å². The Morgan fingerprint density at radius 2 is 1.81 bits per heavy atom. The summed E-state index contributed by atoms with van der Waals surface area (Å²) >= 11 is 0. The summed E-state index contributed by atoms with van der Waals surface area (Å²) in [6.45, 7) is 6.39. The van der Waals surface area contributed by atoms with Crippen molar-refractivity contribution in [3.63, 3.8) is 0 Å². The van der Waals surface area contributed by atoms with E-state index in [-0.39, 0.29) is 30.2 Å². The lowest BCUT2D eigenvalue weighted by molar-refractivity contribution is -0.118. The number of hydrogen-bond donors (Lipinski definition) is 0. The molecule has 0 aliphatic rings. The van der Waals surface area contributed by atoms with Crippen LogP contribution >= 0.6 is 0 Å². The molecular weight excluding hydrogens is 409 g/mol. The first-order valence-electron chi connectivity index (χ1n) is 10.5. The van der Waals surface area contributed by atoms with E-state index in [9.17, 15) is 14.0 Å². The first-order chi connectivity index (χ1) is 15.4. The van der Waals surface area contributed by atoms with Gasteiger partial charge in [0.15, 0.2) is 5.65 Å². The molecule has 1 amide bonds. The molecule has 32 heavy (non-hydrogen) atoms. The maximum atomic E-state index is 13.3. The van der Waals surface area contributed by atoms with Crippen molar-refractivity contribution in [3.05, 3.63) is 82.3 Å². The molecule has 0 N–H and O–H groups in total. The minimum Gasteiger partial charge on any atom is -0.312 e. The van der Waals surface area contributed by atoms with Gasteiger partial charge >= 0.3 is 0 Å². The Hall–Kier alpha value is -3.81. The number of carbonyl (C=O) groups excluding carboxylic acids is 1. The number of hydrogen-bond acceptors (Lipinski definition) is 4. The molecule has 0 fully saturated rings. The minimum atomic E-state index is -0.354. The average Bonchev–Trinajstić information content (AvgIpc) is 3.20. The molecule has 2 heterocycles. The maximum Gasteiger partial charge on any atom is 0.264 e.